The van der Waals surface area contributed by atoms with Crippen molar-refractivity contribution in [3.63, 3.8) is 0 Å². The highest BCUT2D eigenvalue weighted by Gasteiger charge is 2.56. The molecule has 1 aliphatic carbocycles. The Hall–Kier alpha value is -3.28. The molecular formula is C20H18N4O2. The number of nitrogens with zero attached hydrogens (tertiary/aromatic N) is 2. The maximum atomic E-state index is 12.8. The number of rotatable bonds is 5. The Morgan fingerprint density at radius 3 is 2.50 bits per heavy atom. The van der Waals surface area contributed by atoms with Gasteiger partial charge in [-0.3, -0.25) is 19.6 Å². The number of carbonyl (C=O) groups is 2. The van der Waals surface area contributed by atoms with E-state index in [9.17, 15) is 9.59 Å². The van der Waals surface area contributed by atoms with Crippen molar-refractivity contribution >= 4 is 28.4 Å². The number of fused-ring (bicyclic) bond motifs is 1. The minimum Gasteiger partial charge on any atom is -0.351 e. The van der Waals surface area contributed by atoms with E-state index in [0.717, 1.165) is 16.5 Å². The molecule has 2 aromatic heterocycles. The molecule has 6 nitrogen and oxygen atoms in total. The Kier molecular flexibility index (Phi) is 4.08. The van der Waals surface area contributed by atoms with E-state index in [2.05, 4.69) is 20.6 Å². The SMILES string of the molecule is O=C(NCc1ccncc1)C1(C(=O)Nc2cccc3cccnc23)CC1. The lowest BCUT2D eigenvalue weighted by atomic mass is 10.0. The van der Waals surface area contributed by atoms with Crippen LogP contribution in [-0.4, -0.2) is 21.8 Å². The monoisotopic (exact) mass is 346 g/mol. The summed E-state index contributed by atoms with van der Waals surface area (Å²) in [6.45, 7) is 0.381. The molecule has 1 fully saturated rings. The highest BCUT2D eigenvalue weighted by molar-refractivity contribution is 6.14. The molecular weight excluding hydrogens is 328 g/mol. The summed E-state index contributed by atoms with van der Waals surface area (Å²) in [5.74, 6) is -0.511. The summed E-state index contributed by atoms with van der Waals surface area (Å²) in [6, 6.07) is 13.1. The molecule has 0 radical (unpaired) electrons. The molecule has 130 valence electrons. The molecule has 0 spiro atoms. The molecule has 0 saturated heterocycles. The van der Waals surface area contributed by atoms with Crippen molar-refractivity contribution in [3.05, 3.63) is 66.6 Å². The van der Waals surface area contributed by atoms with Crippen LogP contribution >= 0.6 is 0 Å². The van der Waals surface area contributed by atoms with Crippen LogP contribution in [0.15, 0.2) is 61.1 Å². The van der Waals surface area contributed by atoms with Gasteiger partial charge in [0.25, 0.3) is 0 Å². The first kappa shape index (κ1) is 16.2. The van der Waals surface area contributed by atoms with Crippen molar-refractivity contribution in [2.45, 2.75) is 19.4 Å². The molecule has 0 bridgehead atoms. The maximum Gasteiger partial charge on any atom is 0.240 e. The van der Waals surface area contributed by atoms with E-state index in [1.807, 2.05) is 36.4 Å². The molecule has 0 atom stereocenters. The lowest BCUT2D eigenvalue weighted by molar-refractivity contribution is -0.134. The number of hydrogen-bond donors (Lipinski definition) is 2. The van der Waals surface area contributed by atoms with E-state index in [1.54, 1.807) is 24.7 Å². The van der Waals surface area contributed by atoms with Crippen LogP contribution < -0.4 is 10.6 Å². The summed E-state index contributed by atoms with van der Waals surface area (Å²) >= 11 is 0. The highest BCUT2D eigenvalue weighted by Crippen LogP contribution is 2.47. The predicted octanol–water partition coefficient (Wildman–Crippen LogP) is 2.66. The van der Waals surface area contributed by atoms with Crippen LogP contribution in [0.25, 0.3) is 10.9 Å². The van der Waals surface area contributed by atoms with Crippen LogP contribution in [0.1, 0.15) is 18.4 Å². The zero-order valence-electron chi connectivity index (χ0n) is 14.1. The Bertz CT molecular complexity index is 962. The third kappa shape index (κ3) is 3.01. The fraction of sp³-hybridized carbons (Fsp3) is 0.200. The molecule has 1 saturated carbocycles. The average Bonchev–Trinajstić information content (AvgIpc) is 3.49. The van der Waals surface area contributed by atoms with E-state index in [4.69, 9.17) is 0 Å². The van der Waals surface area contributed by atoms with E-state index >= 15 is 0 Å². The molecule has 1 aromatic carbocycles. The number of nitrogens with one attached hydrogen (secondary N) is 2. The molecule has 0 aliphatic heterocycles. The van der Waals surface area contributed by atoms with Gasteiger partial charge in [-0.15, -0.1) is 0 Å². The van der Waals surface area contributed by atoms with Gasteiger partial charge in [-0.25, -0.2) is 0 Å². The largest absolute Gasteiger partial charge is 0.351 e. The third-order valence-electron chi connectivity index (χ3n) is 4.70. The van der Waals surface area contributed by atoms with Gasteiger partial charge in [0.15, 0.2) is 0 Å². The van der Waals surface area contributed by atoms with E-state index < -0.39 is 5.41 Å². The highest BCUT2D eigenvalue weighted by atomic mass is 16.2. The Morgan fingerprint density at radius 1 is 0.962 bits per heavy atom. The van der Waals surface area contributed by atoms with Gasteiger partial charge < -0.3 is 10.6 Å². The smallest absolute Gasteiger partial charge is 0.240 e. The van der Waals surface area contributed by atoms with E-state index in [1.165, 1.54) is 0 Å². The second kappa shape index (κ2) is 6.55. The summed E-state index contributed by atoms with van der Waals surface area (Å²) in [7, 11) is 0. The summed E-state index contributed by atoms with van der Waals surface area (Å²) in [5.41, 5.74) is 1.31. The maximum absolute atomic E-state index is 12.8. The second-order valence-electron chi connectivity index (χ2n) is 6.46. The zero-order valence-corrected chi connectivity index (χ0v) is 14.1. The standard InChI is InChI=1S/C20H18N4O2/c25-18(23-13-14-6-11-21-12-7-14)20(8-9-20)19(26)24-16-5-1-3-15-4-2-10-22-17(15)16/h1-7,10-12H,8-9,13H2,(H,23,25)(H,24,26). The lowest BCUT2D eigenvalue weighted by Gasteiger charge is -2.16. The van der Waals surface area contributed by atoms with Crippen molar-refractivity contribution < 1.29 is 9.59 Å². The molecule has 0 unspecified atom stereocenters. The summed E-state index contributed by atoms with van der Waals surface area (Å²) in [4.78, 5) is 33.7. The minimum absolute atomic E-state index is 0.236. The van der Waals surface area contributed by atoms with Crippen LogP contribution in [0.3, 0.4) is 0 Å². The molecule has 2 heterocycles. The fourth-order valence-electron chi connectivity index (χ4n) is 2.98. The molecule has 6 heteroatoms. The van der Waals surface area contributed by atoms with Gasteiger partial charge in [-0.2, -0.15) is 0 Å². The molecule has 3 aromatic rings. The number of carbonyl (C=O) groups excluding carboxylic acids is 2. The number of hydrogen-bond acceptors (Lipinski definition) is 4. The Balaban J connectivity index is 1.47. The first-order valence-corrected chi connectivity index (χ1v) is 8.51. The second-order valence-corrected chi connectivity index (χ2v) is 6.46. The lowest BCUT2D eigenvalue weighted by Crippen LogP contribution is -2.39. The van der Waals surface area contributed by atoms with Crippen molar-refractivity contribution in [2.24, 2.45) is 5.41 Å². The predicted molar refractivity (Wildman–Crippen MR) is 98.1 cm³/mol. The van der Waals surface area contributed by atoms with E-state index in [-0.39, 0.29) is 11.8 Å². The van der Waals surface area contributed by atoms with Crippen molar-refractivity contribution in [1.82, 2.24) is 15.3 Å². The minimum atomic E-state index is -0.982. The molecule has 2 amide bonds. The molecule has 2 N–H and O–H groups in total. The van der Waals surface area contributed by atoms with Gasteiger partial charge in [-0.1, -0.05) is 18.2 Å². The summed E-state index contributed by atoms with van der Waals surface area (Å²) in [6.07, 6.45) is 6.15. The number of pyridine rings is 2. The van der Waals surface area contributed by atoms with Gasteiger partial charge in [-0.05, 0) is 42.7 Å². The van der Waals surface area contributed by atoms with Gasteiger partial charge in [0.05, 0.1) is 11.2 Å². The van der Waals surface area contributed by atoms with Gasteiger partial charge in [0.1, 0.15) is 5.41 Å². The number of benzene rings is 1. The third-order valence-corrected chi connectivity index (χ3v) is 4.70. The van der Waals surface area contributed by atoms with Gasteiger partial charge >= 0.3 is 0 Å². The number of para-hydroxylation sites is 1. The number of anilines is 1. The van der Waals surface area contributed by atoms with Crippen LogP contribution in [-0.2, 0) is 16.1 Å². The van der Waals surface area contributed by atoms with Crippen LogP contribution in [0, 0.1) is 5.41 Å². The van der Waals surface area contributed by atoms with Crippen molar-refractivity contribution in [2.75, 3.05) is 5.32 Å². The molecule has 1 aliphatic rings. The van der Waals surface area contributed by atoms with Crippen LogP contribution in [0.4, 0.5) is 5.69 Å². The summed E-state index contributed by atoms with van der Waals surface area (Å²) < 4.78 is 0. The number of aromatic nitrogens is 2. The quantitative estimate of drug-likeness (QED) is 0.696. The van der Waals surface area contributed by atoms with Crippen molar-refractivity contribution in [1.29, 1.82) is 0 Å². The normalized spacial score (nSPS) is 14.6. The average molecular weight is 346 g/mol. The van der Waals surface area contributed by atoms with Crippen molar-refractivity contribution in [3.8, 4) is 0 Å². The van der Waals surface area contributed by atoms with E-state index in [0.29, 0.717) is 25.1 Å². The Morgan fingerprint density at radius 2 is 1.73 bits per heavy atom. The van der Waals surface area contributed by atoms with Gasteiger partial charge in [0, 0.05) is 30.5 Å². The fourth-order valence-corrected chi connectivity index (χ4v) is 2.98. The first-order valence-electron chi connectivity index (χ1n) is 8.51. The molecule has 26 heavy (non-hydrogen) atoms. The zero-order chi connectivity index (χ0) is 18.0. The first-order chi connectivity index (χ1) is 12.7. The summed E-state index contributed by atoms with van der Waals surface area (Å²) in [5, 5.41) is 6.70. The van der Waals surface area contributed by atoms with Crippen LogP contribution in [0.2, 0.25) is 0 Å². The van der Waals surface area contributed by atoms with Gasteiger partial charge in [0.2, 0.25) is 11.8 Å². The van der Waals surface area contributed by atoms with Crippen LogP contribution in [0.5, 0.6) is 0 Å². The topological polar surface area (TPSA) is 84.0 Å². The number of amides is 2. The Labute approximate surface area is 150 Å². The molecule has 4 rings (SSSR count).